The molecule has 1 aliphatic carbocycles. The van der Waals surface area contributed by atoms with Crippen LogP contribution in [0.4, 0.5) is 0 Å². The number of rotatable bonds is 4. The highest BCUT2D eigenvalue weighted by molar-refractivity contribution is 6.61. The van der Waals surface area contributed by atoms with Gasteiger partial charge in [0.1, 0.15) is 5.75 Å². The van der Waals surface area contributed by atoms with Crippen molar-refractivity contribution in [3.8, 4) is 5.75 Å². The number of ether oxygens (including phenoxy) is 1. The summed E-state index contributed by atoms with van der Waals surface area (Å²) >= 11 is 0. The molecule has 1 saturated heterocycles. The summed E-state index contributed by atoms with van der Waals surface area (Å²) in [5, 5.41) is 0. The van der Waals surface area contributed by atoms with Gasteiger partial charge in [0.15, 0.2) is 0 Å². The lowest BCUT2D eigenvalue weighted by Crippen LogP contribution is -2.41. The van der Waals surface area contributed by atoms with Crippen molar-refractivity contribution >= 4 is 12.7 Å². The van der Waals surface area contributed by atoms with Crippen molar-refractivity contribution in [3.63, 3.8) is 0 Å². The van der Waals surface area contributed by atoms with Crippen LogP contribution in [-0.2, 0) is 9.31 Å². The van der Waals surface area contributed by atoms with Crippen molar-refractivity contribution < 1.29 is 14.0 Å². The van der Waals surface area contributed by atoms with Gasteiger partial charge in [-0.05, 0) is 58.6 Å². The zero-order valence-corrected chi connectivity index (χ0v) is 12.7. The number of hydrogen-bond donors (Lipinski definition) is 0. The van der Waals surface area contributed by atoms with E-state index in [9.17, 15) is 0 Å². The summed E-state index contributed by atoms with van der Waals surface area (Å²) < 4.78 is 17.6. The van der Waals surface area contributed by atoms with Crippen LogP contribution in [0, 0.1) is 5.92 Å². The molecule has 0 atom stereocenters. The lowest BCUT2D eigenvalue weighted by atomic mass is 9.84. The Kier molecular flexibility index (Phi) is 3.29. The number of hydrogen-bond acceptors (Lipinski definition) is 4. The monoisotopic (exact) mass is 275 g/mol. The predicted molar refractivity (Wildman–Crippen MR) is 78.2 cm³/mol. The molecule has 108 valence electrons. The van der Waals surface area contributed by atoms with E-state index in [2.05, 4.69) is 4.98 Å². The van der Waals surface area contributed by atoms with Crippen LogP contribution in [0.3, 0.4) is 0 Å². The zero-order valence-electron chi connectivity index (χ0n) is 12.7. The Bertz CT molecular complexity index is 466. The van der Waals surface area contributed by atoms with Crippen LogP contribution < -0.4 is 10.3 Å². The molecule has 1 saturated carbocycles. The molecule has 1 aliphatic heterocycles. The van der Waals surface area contributed by atoms with E-state index in [0.29, 0.717) is 0 Å². The van der Waals surface area contributed by atoms with E-state index >= 15 is 0 Å². The van der Waals surface area contributed by atoms with E-state index in [0.717, 1.165) is 23.9 Å². The minimum Gasteiger partial charge on any atom is -0.492 e. The molecule has 1 aromatic heterocycles. The molecule has 3 rings (SSSR count). The minimum atomic E-state index is -0.405. The number of nitrogens with zero attached hydrogens (tertiary/aromatic N) is 1. The Labute approximate surface area is 121 Å². The van der Waals surface area contributed by atoms with Crippen LogP contribution in [-0.4, -0.2) is 29.9 Å². The molecule has 0 spiro atoms. The number of pyridine rings is 1. The van der Waals surface area contributed by atoms with Gasteiger partial charge in [-0.1, -0.05) is 0 Å². The fourth-order valence-corrected chi connectivity index (χ4v) is 2.08. The highest BCUT2D eigenvalue weighted by Gasteiger charge is 2.52. The van der Waals surface area contributed by atoms with E-state index in [1.807, 2.05) is 39.8 Å². The van der Waals surface area contributed by atoms with Crippen LogP contribution in [0.1, 0.15) is 40.5 Å². The first-order valence-corrected chi connectivity index (χ1v) is 7.32. The molecule has 5 heteroatoms. The standard InChI is InChI=1S/C15H22BNO3/c1-14(2)15(3,4)20-16(19-14)13-8-7-12(9-17-13)18-10-11-5-6-11/h7-9,11H,5-6,10H2,1-4H3. The Morgan fingerprint density at radius 1 is 1.20 bits per heavy atom. The highest BCUT2D eigenvalue weighted by Crippen LogP contribution is 2.36. The Balaban J connectivity index is 1.65. The van der Waals surface area contributed by atoms with E-state index in [4.69, 9.17) is 14.0 Å². The fourth-order valence-electron chi connectivity index (χ4n) is 2.08. The van der Waals surface area contributed by atoms with Crippen molar-refractivity contribution in [3.05, 3.63) is 18.3 Å². The molecule has 2 fully saturated rings. The maximum Gasteiger partial charge on any atom is 0.514 e. The first-order valence-electron chi connectivity index (χ1n) is 7.32. The molecule has 0 amide bonds. The Morgan fingerprint density at radius 3 is 2.35 bits per heavy atom. The number of aromatic nitrogens is 1. The molecule has 2 aliphatic rings. The molecule has 1 aromatic rings. The molecule has 20 heavy (non-hydrogen) atoms. The maximum atomic E-state index is 5.97. The first kappa shape index (κ1) is 13.9. The van der Waals surface area contributed by atoms with Gasteiger partial charge < -0.3 is 14.0 Å². The van der Waals surface area contributed by atoms with Gasteiger partial charge in [0.05, 0.1) is 29.6 Å². The lowest BCUT2D eigenvalue weighted by molar-refractivity contribution is 0.00578. The first-order chi connectivity index (χ1) is 9.37. The summed E-state index contributed by atoms with van der Waals surface area (Å²) in [5.41, 5.74) is 0.128. The van der Waals surface area contributed by atoms with Gasteiger partial charge in [-0.15, -0.1) is 0 Å². The largest absolute Gasteiger partial charge is 0.514 e. The van der Waals surface area contributed by atoms with Crippen LogP contribution in [0.25, 0.3) is 0 Å². The molecule has 2 heterocycles. The molecular formula is C15H22BNO3. The summed E-state index contributed by atoms with van der Waals surface area (Å²) in [7, 11) is -0.405. The lowest BCUT2D eigenvalue weighted by Gasteiger charge is -2.32. The average Bonchev–Trinajstić information content (AvgIpc) is 3.16. The van der Waals surface area contributed by atoms with Crippen LogP contribution in [0.5, 0.6) is 5.75 Å². The van der Waals surface area contributed by atoms with E-state index in [1.165, 1.54) is 12.8 Å². The molecule has 0 N–H and O–H groups in total. The zero-order chi connectivity index (χ0) is 14.4. The maximum absolute atomic E-state index is 5.97. The van der Waals surface area contributed by atoms with Crippen molar-refractivity contribution in [2.75, 3.05) is 6.61 Å². The van der Waals surface area contributed by atoms with Gasteiger partial charge in [0, 0.05) is 0 Å². The van der Waals surface area contributed by atoms with Gasteiger partial charge in [-0.2, -0.15) is 0 Å². The summed E-state index contributed by atoms with van der Waals surface area (Å²) in [5.74, 6) is 1.56. The fraction of sp³-hybridized carbons (Fsp3) is 0.667. The second-order valence-corrected chi connectivity index (χ2v) is 6.76. The smallest absolute Gasteiger partial charge is 0.492 e. The average molecular weight is 275 g/mol. The van der Waals surface area contributed by atoms with Gasteiger partial charge in [-0.25, -0.2) is 0 Å². The van der Waals surface area contributed by atoms with Crippen LogP contribution in [0.15, 0.2) is 18.3 Å². The third-order valence-electron chi connectivity index (χ3n) is 4.44. The summed E-state index contributed by atoms with van der Waals surface area (Å²) in [6, 6.07) is 3.86. The Hall–Kier alpha value is -1.07. The van der Waals surface area contributed by atoms with E-state index < -0.39 is 7.12 Å². The van der Waals surface area contributed by atoms with Gasteiger partial charge in [-0.3, -0.25) is 4.98 Å². The van der Waals surface area contributed by atoms with Gasteiger partial charge in [0.2, 0.25) is 0 Å². The van der Waals surface area contributed by atoms with Gasteiger partial charge >= 0.3 is 7.12 Å². The molecule has 0 aromatic carbocycles. The van der Waals surface area contributed by atoms with Crippen LogP contribution >= 0.6 is 0 Å². The molecule has 0 radical (unpaired) electrons. The highest BCUT2D eigenvalue weighted by atomic mass is 16.7. The third kappa shape index (κ3) is 2.70. The van der Waals surface area contributed by atoms with Gasteiger partial charge in [0.25, 0.3) is 0 Å². The normalized spacial score (nSPS) is 23.9. The Morgan fingerprint density at radius 2 is 1.85 bits per heavy atom. The summed E-state index contributed by atoms with van der Waals surface area (Å²) in [4.78, 5) is 4.42. The molecular weight excluding hydrogens is 253 g/mol. The molecule has 0 unspecified atom stereocenters. The summed E-state index contributed by atoms with van der Waals surface area (Å²) in [6.45, 7) is 8.97. The van der Waals surface area contributed by atoms with Crippen molar-refractivity contribution in [2.45, 2.75) is 51.7 Å². The van der Waals surface area contributed by atoms with E-state index in [1.54, 1.807) is 6.20 Å². The quantitative estimate of drug-likeness (QED) is 0.790. The topological polar surface area (TPSA) is 40.6 Å². The molecule has 4 nitrogen and oxygen atoms in total. The van der Waals surface area contributed by atoms with E-state index in [-0.39, 0.29) is 11.2 Å². The van der Waals surface area contributed by atoms with Crippen molar-refractivity contribution in [1.29, 1.82) is 0 Å². The predicted octanol–water partition coefficient (Wildman–Crippen LogP) is 2.17. The second-order valence-electron chi connectivity index (χ2n) is 6.76. The second kappa shape index (κ2) is 4.74. The SMILES string of the molecule is CC1(C)OB(c2ccc(OCC3CC3)cn2)OC1(C)C. The third-order valence-corrected chi connectivity index (χ3v) is 4.44. The summed E-state index contributed by atoms with van der Waals surface area (Å²) in [6.07, 6.45) is 4.33. The molecule has 0 bridgehead atoms. The van der Waals surface area contributed by atoms with Crippen molar-refractivity contribution in [2.24, 2.45) is 5.92 Å². The van der Waals surface area contributed by atoms with Crippen LogP contribution in [0.2, 0.25) is 0 Å². The van der Waals surface area contributed by atoms with Crippen molar-refractivity contribution in [1.82, 2.24) is 4.98 Å². The minimum absolute atomic E-state index is 0.333.